The van der Waals surface area contributed by atoms with Gasteiger partial charge in [0.05, 0.1) is 10.0 Å². The van der Waals surface area contributed by atoms with E-state index < -0.39 is 17.5 Å². The number of nitrogens with zero attached hydrogens (tertiary/aromatic N) is 3. The number of carboxylic acids is 1. The predicted octanol–water partition coefficient (Wildman–Crippen LogP) is 3.99. The lowest BCUT2D eigenvalue weighted by molar-refractivity contribution is 0.0686. The molecule has 0 aliphatic rings. The van der Waals surface area contributed by atoms with E-state index in [4.69, 9.17) is 34.8 Å². The SMILES string of the molecule is O=C(C(=O)c1ccc(Cl)cc1Cl)c1cc(C(=O)O)n(-c2ncccc2Cl)n1. The summed E-state index contributed by atoms with van der Waals surface area (Å²) in [6.07, 6.45) is 1.38. The van der Waals surface area contributed by atoms with Crippen molar-refractivity contribution in [3.63, 3.8) is 0 Å². The summed E-state index contributed by atoms with van der Waals surface area (Å²) >= 11 is 17.8. The highest BCUT2D eigenvalue weighted by Crippen LogP contribution is 2.24. The molecule has 0 atom stereocenters. The minimum Gasteiger partial charge on any atom is -0.477 e. The quantitative estimate of drug-likeness (QED) is 0.491. The molecule has 10 heteroatoms. The van der Waals surface area contributed by atoms with Gasteiger partial charge in [0.2, 0.25) is 5.78 Å². The molecule has 0 unspecified atom stereocenters. The molecule has 0 amide bonds. The van der Waals surface area contributed by atoms with Crippen molar-refractivity contribution < 1.29 is 19.5 Å². The second-order valence-corrected chi connectivity index (χ2v) is 6.47. The van der Waals surface area contributed by atoms with Gasteiger partial charge in [-0.05, 0) is 30.3 Å². The molecule has 0 spiro atoms. The number of hydrogen-bond donors (Lipinski definition) is 1. The molecule has 0 fully saturated rings. The molecule has 0 aliphatic carbocycles. The van der Waals surface area contributed by atoms with Crippen LogP contribution in [-0.4, -0.2) is 37.4 Å². The van der Waals surface area contributed by atoms with Crippen LogP contribution in [0.25, 0.3) is 5.82 Å². The van der Waals surface area contributed by atoms with Crippen LogP contribution < -0.4 is 0 Å². The highest BCUT2D eigenvalue weighted by molar-refractivity contribution is 6.51. The molecule has 1 aromatic carbocycles. The molecular formula is C17H8Cl3N3O4. The molecule has 0 saturated carbocycles. The average molecular weight is 425 g/mol. The van der Waals surface area contributed by atoms with E-state index in [0.717, 1.165) is 10.7 Å². The van der Waals surface area contributed by atoms with Crippen molar-refractivity contribution in [3.05, 3.63) is 74.6 Å². The van der Waals surface area contributed by atoms with Crippen molar-refractivity contribution in [2.24, 2.45) is 0 Å². The van der Waals surface area contributed by atoms with Gasteiger partial charge in [-0.3, -0.25) is 9.59 Å². The molecule has 0 saturated heterocycles. The summed E-state index contributed by atoms with van der Waals surface area (Å²) in [5.74, 6) is -3.36. The van der Waals surface area contributed by atoms with Crippen molar-refractivity contribution in [3.8, 4) is 5.82 Å². The lowest BCUT2D eigenvalue weighted by Crippen LogP contribution is -2.16. The number of carbonyl (C=O) groups is 3. The third-order valence-electron chi connectivity index (χ3n) is 3.48. The van der Waals surface area contributed by atoms with Crippen LogP contribution in [0.2, 0.25) is 15.1 Å². The van der Waals surface area contributed by atoms with Gasteiger partial charge < -0.3 is 5.11 Å². The number of benzene rings is 1. The smallest absolute Gasteiger partial charge is 0.354 e. The van der Waals surface area contributed by atoms with Crippen molar-refractivity contribution in [2.45, 2.75) is 0 Å². The summed E-state index contributed by atoms with van der Waals surface area (Å²) in [5.41, 5.74) is -0.840. The Labute approximate surface area is 167 Å². The largest absolute Gasteiger partial charge is 0.477 e. The second kappa shape index (κ2) is 7.48. The zero-order valence-electron chi connectivity index (χ0n) is 13.2. The third-order valence-corrected chi connectivity index (χ3v) is 4.33. The zero-order chi connectivity index (χ0) is 19.7. The molecule has 27 heavy (non-hydrogen) atoms. The van der Waals surface area contributed by atoms with Crippen LogP contribution in [0, 0.1) is 0 Å². The van der Waals surface area contributed by atoms with Crippen molar-refractivity contribution in [2.75, 3.05) is 0 Å². The molecule has 0 radical (unpaired) electrons. The van der Waals surface area contributed by atoms with Crippen LogP contribution in [0.3, 0.4) is 0 Å². The van der Waals surface area contributed by atoms with Crippen molar-refractivity contribution in [1.29, 1.82) is 0 Å². The van der Waals surface area contributed by atoms with Crippen molar-refractivity contribution >= 4 is 52.3 Å². The van der Waals surface area contributed by atoms with E-state index >= 15 is 0 Å². The summed E-state index contributed by atoms with van der Waals surface area (Å²) in [7, 11) is 0. The van der Waals surface area contributed by atoms with Crippen LogP contribution in [0.1, 0.15) is 31.3 Å². The van der Waals surface area contributed by atoms with E-state index in [9.17, 15) is 19.5 Å². The minimum absolute atomic E-state index is 0.00703. The Balaban J connectivity index is 2.06. The summed E-state index contributed by atoms with van der Waals surface area (Å²) < 4.78 is 0.884. The van der Waals surface area contributed by atoms with Crippen LogP contribution >= 0.6 is 34.8 Å². The summed E-state index contributed by atoms with van der Waals surface area (Å²) in [6, 6.07) is 8.03. The fourth-order valence-corrected chi connectivity index (χ4v) is 2.95. The van der Waals surface area contributed by atoms with Crippen LogP contribution in [-0.2, 0) is 0 Å². The van der Waals surface area contributed by atoms with E-state index in [2.05, 4.69) is 10.1 Å². The first kappa shape index (κ1) is 19.0. The Hall–Kier alpha value is -2.74. The first-order valence-corrected chi connectivity index (χ1v) is 8.41. The number of aromatic carboxylic acids is 1. The Kier molecular flexibility index (Phi) is 5.27. The van der Waals surface area contributed by atoms with Crippen LogP contribution in [0.5, 0.6) is 0 Å². The molecule has 136 valence electrons. The number of ketones is 2. The van der Waals surface area contributed by atoms with Crippen LogP contribution in [0.15, 0.2) is 42.6 Å². The van der Waals surface area contributed by atoms with E-state index in [0.29, 0.717) is 5.02 Å². The highest BCUT2D eigenvalue weighted by Gasteiger charge is 2.27. The van der Waals surface area contributed by atoms with Gasteiger partial charge in [-0.25, -0.2) is 14.5 Å². The second-order valence-electron chi connectivity index (χ2n) is 5.22. The molecule has 3 aromatic rings. The monoisotopic (exact) mass is 423 g/mol. The normalized spacial score (nSPS) is 10.6. The number of aromatic nitrogens is 3. The number of halogens is 3. The Bertz CT molecular complexity index is 1090. The molecular weight excluding hydrogens is 417 g/mol. The van der Waals surface area contributed by atoms with Gasteiger partial charge >= 0.3 is 5.97 Å². The Morgan fingerprint density at radius 3 is 2.33 bits per heavy atom. The number of pyridine rings is 1. The number of Topliss-reactive ketones (excluding diaryl/α,β-unsaturated/α-hetero) is 2. The van der Waals surface area contributed by atoms with Gasteiger partial charge in [0.15, 0.2) is 11.5 Å². The summed E-state index contributed by atoms with van der Waals surface area (Å²) in [5, 5.41) is 13.7. The molecule has 1 N–H and O–H groups in total. The predicted molar refractivity (Wildman–Crippen MR) is 98.5 cm³/mol. The average Bonchev–Trinajstić information content (AvgIpc) is 3.06. The molecule has 0 bridgehead atoms. The molecule has 2 aromatic heterocycles. The van der Waals surface area contributed by atoms with Gasteiger partial charge in [-0.1, -0.05) is 34.8 Å². The zero-order valence-corrected chi connectivity index (χ0v) is 15.5. The minimum atomic E-state index is -1.37. The van der Waals surface area contributed by atoms with Gasteiger partial charge in [0, 0.05) is 22.8 Å². The molecule has 7 nitrogen and oxygen atoms in total. The van der Waals surface area contributed by atoms with E-state index in [1.807, 2.05) is 0 Å². The summed E-state index contributed by atoms with van der Waals surface area (Å²) in [6.45, 7) is 0. The van der Waals surface area contributed by atoms with Gasteiger partial charge in [0.1, 0.15) is 5.69 Å². The summed E-state index contributed by atoms with van der Waals surface area (Å²) in [4.78, 5) is 40.5. The number of carboxylic acid groups (broad SMARTS) is 1. The van der Waals surface area contributed by atoms with E-state index in [-0.39, 0.29) is 32.8 Å². The topological polar surface area (TPSA) is 102 Å². The van der Waals surface area contributed by atoms with Gasteiger partial charge in [-0.15, -0.1) is 0 Å². The molecule has 3 rings (SSSR count). The van der Waals surface area contributed by atoms with Crippen LogP contribution in [0.4, 0.5) is 0 Å². The Morgan fingerprint density at radius 2 is 1.70 bits per heavy atom. The van der Waals surface area contributed by atoms with E-state index in [1.54, 1.807) is 6.07 Å². The Morgan fingerprint density at radius 1 is 0.963 bits per heavy atom. The lowest BCUT2D eigenvalue weighted by Gasteiger charge is -2.04. The van der Waals surface area contributed by atoms with E-state index in [1.165, 1.54) is 30.5 Å². The standard InChI is InChI=1S/C17H8Cl3N3O4/c18-8-3-4-9(11(20)6-8)14(24)15(25)12-7-13(17(26)27)23(22-12)16-10(19)2-1-5-21-16/h1-7H,(H,26,27). The fraction of sp³-hybridized carbons (Fsp3) is 0. The number of carbonyl (C=O) groups excluding carboxylic acids is 2. The fourth-order valence-electron chi connectivity index (χ4n) is 2.25. The molecule has 0 aliphatic heterocycles. The third kappa shape index (κ3) is 3.71. The highest BCUT2D eigenvalue weighted by atomic mass is 35.5. The maximum absolute atomic E-state index is 12.5. The lowest BCUT2D eigenvalue weighted by atomic mass is 10.1. The maximum Gasteiger partial charge on any atom is 0.354 e. The first-order chi connectivity index (χ1) is 12.8. The maximum atomic E-state index is 12.5. The van der Waals surface area contributed by atoms with Gasteiger partial charge in [-0.2, -0.15) is 5.10 Å². The van der Waals surface area contributed by atoms with Crippen molar-refractivity contribution in [1.82, 2.24) is 14.8 Å². The van der Waals surface area contributed by atoms with Gasteiger partial charge in [0.25, 0.3) is 5.78 Å². The number of hydrogen-bond acceptors (Lipinski definition) is 5. The molecule has 2 heterocycles. The number of rotatable bonds is 5. The first-order valence-electron chi connectivity index (χ1n) is 7.28.